The van der Waals surface area contributed by atoms with Gasteiger partial charge in [-0.1, -0.05) is 341 Å². The minimum absolute atomic E-state index is 0. The number of benzene rings is 15. The van der Waals surface area contributed by atoms with Crippen LogP contribution in [0.1, 0.15) is 117 Å². The topological polar surface area (TPSA) is 51.6 Å². The summed E-state index contributed by atoms with van der Waals surface area (Å²) in [5, 5.41) is 2.51. The molecule has 128 heavy (non-hydrogen) atoms. The normalized spacial score (nSPS) is 13.9. The third-order valence-corrected chi connectivity index (χ3v) is 27.5. The van der Waals surface area contributed by atoms with Crippen LogP contribution in [0, 0.1) is 52.0 Å². The molecule has 4 nitrogen and oxygen atoms in total. The molecule has 0 saturated carbocycles. The maximum absolute atomic E-state index is 13.6. The predicted molar refractivity (Wildman–Crippen MR) is 490 cm³/mol. The van der Waals surface area contributed by atoms with E-state index in [-0.39, 0.29) is 96.7 Å². The second-order valence-corrected chi connectivity index (χ2v) is 33.8. The summed E-state index contributed by atoms with van der Waals surface area (Å²) in [6, 6.07) is 135. The zero-order valence-electron chi connectivity index (χ0n) is 69.5. The molecular formula is C117H73F3Ir4N4-4. The number of aryl methyl sites for hydroxylation is 4. The van der Waals surface area contributed by atoms with Crippen molar-refractivity contribution in [1.29, 1.82) is 0 Å². The third-order valence-electron chi connectivity index (χ3n) is 27.5. The van der Waals surface area contributed by atoms with Crippen LogP contribution in [0.5, 0.6) is 0 Å². The molecule has 0 amide bonds. The zero-order chi connectivity index (χ0) is 83.1. The smallest absolute Gasteiger partial charge is 0.304 e. The second-order valence-electron chi connectivity index (χ2n) is 33.8. The van der Waals surface area contributed by atoms with Crippen LogP contribution in [-0.4, -0.2) is 19.9 Å². The van der Waals surface area contributed by atoms with Gasteiger partial charge in [-0.3, -0.25) is 0 Å². The van der Waals surface area contributed by atoms with Gasteiger partial charge in [0.1, 0.15) is 0 Å². The Morgan fingerprint density at radius 3 is 0.875 bits per heavy atom. The summed E-state index contributed by atoms with van der Waals surface area (Å²) < 4.78 is 40.9. The number of aromatic nitrogens is 4. The van der Waals surface area contributed by atoms with E-state index in [1.54, 1.807) is 6.20 Å². The van der Waals surface area contributed by atoms with Crippen molar-refractivity contribution in [3.05, 3.63) is 512 Å². The van der Waals surface area contributed by atoms with E-state index in [1.165, 1.54) is 161 Å². The zero-order valence-corrected chi connectivity index (χ0v) is 79.1. The molecule has 0 fully saturated rings. The Morgan fingerprint density at radius 1 is 0.242 bits per heavy atom. The molecule has 0 unspecified atom stereocenters. The molecule has 0 N–H and O–H groups in total. The summed E-state index contributed by atoms with van der Waals surface area (Å²) in [6.07, 6.45) is 2.94. The van der Waals surface area contributed by atoms with Crippen LogP contribution in [-0.2, 0) is 108 Å². The molecule has 0 aliphatic heterocycles. The monoisotopic (exact) mass is 2360 g/mol. The van der Waals surface area contributed by atoms with Crippen LogP contribution in [0.25, 0.3) is 123 Å². The predicted octanol–water partition coefficient (Wildman–Crippen LogP) is 27.6. The van der Waals surface area contributed by atoms with E-state index in [0.29, 0.717) is 16.8 Å². The summed E-state index contributed by atoms with van der Waals surface area (Å²) in [4.78, 5) is 19.1. The number of rotatable bonds is 2. The molecule has 4 spiro atoms. The van der Waals surface area contributed by atoms with Crippen molar-refractivity contribution < 1.29 is 93.6 Å². The Morgan fingerprint density at radius 2 is 0.516 bits per heavy atom. The summed E-state index contributed by atoms with van der Waals surface area (Å²) in [6.45, 7) is 8.75. The van der Waals surface area contributed by atoms with Gasteiger partial charge in [-0.15, -0.1) is 123 Å². The van der Waals surface area contributed by atoms with Gasteiger partial charge in [0, 0.05) is 127 Å². The fraction of sp³-hybridized carbons (Fsp3) is 0.0769. The Bertz CT molecular complexity index is 7520. The molecule has 27 rings (SSSR count). The van der Waals surface area contributed by atoms with Crippen molar-refractivity contribution in [1.82, 2.24) is 19.9 Å². The van der Waals surface area contributed by atoms with Crippen molar-refractivity contribution in [2.45, 2.75) is 55.5 Å². The van der Waals surface area contributed by atoms with Crippen molar-refractivity contribution >= 4 is 10.8 Å². The Labute approximate surface area is 796 Å². The minimum Gasteiger partial charge on any atom is -0.304 e. The number of hydrogen-bond donors (Lipinski definition) is 0. The quantitative estimate of drug-likeness (QED) is 0.162. The van der Waals surface area contributed by atoms with Gasteiger partial charge in [0.25, 0.3) is 0 Å². The maximum Gasteiger partial charge on any atom is 0.381 e. The maximum atomic E-state index is 13.6. The van der Waals surface area contributed by atoms with Crippen molar-refractivity contribution in [3.8, 4) is 112 Å². The van der Waals surface area contributed by atoms with E-state index in [1.807, 2.05) is 79.3 Å². The molecule has 4 aromatic heterocycles. The summed E-state index contributed by atoms with van der Waals surface area (Å²) >= 11 is 0. The van der Waals surface area contributed by atoms with Crippen LogP contribution in [0.3, 0.4) is 0 Å². The summed E-state index contributed by atoms with van der Waals surface area (Å²) in [5.74, 6) is 0. The molecule has 11 heteroatoms. The van der Waals surface area contributed by atoms with E-state index >= 15 is 0 Å². The average Bonchev–Trinajstić information content (AvgIpc) is 1.53. The number of pyridine rings is 4. The van der Waals surface area contributed by atoms with E-state index in [2.05, 4.69) is 330 Å². The molecule has 0 saturated heterocycles. The molecular weight excluding hydrogens is 2290 g/mol. The van der Waals surface area contributed by atoms with Crippen molar-refractivity contribution in [2.24, 2.45) is 0 Å². The fourth-order valence-corrected chi connectivity index (χ4v) is 23.1. The first-order valence-electron chi connectivity index (χ1n) is 42.3. The standard InChI is InChI=1S/C34H20N.C33H24N.C25H13F3N.C25H16N.4Ir/c1-2-11-24-22(9-1)10-7-14-25(24)23-18-19-28-32(21-23)34(31-17-8-20-35-33(28)31)29-15-5-3-12-26(29)27-13-4-6-16-30(27)34;1-20-17-21(2)31(22(3)18-20)23-14-15-26-30(19-23)33(29-13-8-16-34-32(26)29)27-11-6-4-9-24(27)25-10-5-7-12-28(25)33;26-25(27,28)15-11-12-18-22(14-15)24(21-10-5-13-29-23(18)21)19-8-3-1-6-16(19)17-7-2-4-9-20(17)24;1-16-12-13-19-23(15-16)25(22-11-6-14-26-24(19)22)20-9-4-2-7-17(20)18-8-3-5-10-21(18)25;;;;/h1-18,20-21H;4-14,16-19H,1-3H3;1-11,13-14H;2-12,14-15H,1H3;;;;/q4*-1;;;;. The molecule has 0 atom stereocenters. The third kappa shape index (κ3) is 11.7. The van der Waals surface area contributed by atoms with E-state index in [9.17, 15) is 13.2 Å². The summed E-state index contributed by atoms with van der Waals surface area (Å²) in [7, 11) is 0. The van der Waals surface area contributed by atoms with Crippen molar-refractivity contribution in [3.63, 3.8) is 0 Å². The molecule has 4 radical (unpaired) electrons. The van der Waals surface area contributed by atoms with Crippen LogP contribution < -0.4 is 0 Å². The molecule has 622 valence electrons. The number of fused-ring (bicyclic) bond motifs is 41. The molecule has 8 aliphatic rings. The SMILES string of the molecule is Cc1c[c-]c2c(c1)C1(c3ccccc3-c3ccccc31)c1cccnc1-2.Cc1cc(C)c(-c2c[c-]c3c(c2)C2(c4ccccc4-c4ccccc42)c2cccnc2-3)c(C)c1.FC(F)(F)c1c[c-]c2c(c1)C1(c3ccccc3-c3ccccc31)c1cccnc1-2.[Ir].[Ir].[Ir].[Ir].[c-]1cc(-c2cccc3ccccc23)cc2c1-c1ncccc1C21c2ccccc2-c2ccccc21. The minimum atomic E-state index is -4.44. The first-order valence-corrected chi connectivity index (χ1v) is 42.3. The van der Waals surface area contributed by atoms with Gasteiger partial charge >= 0.3 is 6.18 Å². The first-order chi connectivity index (χ1) is 60.8. The van der Waals surface area contributed by atoms with Gasteiger partial charge < -0.3 is 19.9 Å². The Hall–Kier alpha value is -12.5. The Kier molecular flexibility index (Phi) is 20.8. The molecule has 15 aromatic carbocycles. The van der Waals surface area contributed by atoms with E-state index in [0.717, 1.165) is 67.7 Å². The average molecular weight is 2360 g/mol. The van der Waals surface area contributed by atoms with Gasteiger partial charge in [0.2, 0.25) is 0 Å². The number of alkyl halides is 3. The van der Waals surface area contributed by atoms with Gasteiger partial charge in [-0.05, 0) is 173 Å². The van der Waals surface area contributed by atoms with E-state index in [4.69, 9.17) is 15.0 Å². The van der Waals surface area contributed by atoms with Gasteiger partial charge in [0.05, 0.1) is 0 Å². The number of hydrogen-bond acceptors (Lipinski definition) is 4. The largest absolute Gasteiger partial charge is 0.381 e. The van der Waals surface area contributed by atoms with Gasteiger partial charge in [-0.25, -0.2) is 0 Å². The molecule has 0 bridgehead atoms. The second kappa shape index (κ2) is 31.8. The van der Waals surface area contributed by atoms with Gasteiger partial charge in [0.15, 0.2) is 0 Å². The van der Waals surface area contributed by atoms with Crippen LogP contribution >= 0.6 is 0 Å². The fourth-order valence-electron chi connectivity index (χ4n) is 23.1. The van der Waals surface area contributed by atoms with Crippen LogP contribution in [0.2, 0.25) is 0 Å². The Balaban J connectivity index is 0.000000107. The van der Waals surface area contributed by atoms with Gasteiger partial charge in [-0.2, -0.15) is 13.2 Å². The van der Waals surface area contributed by atoms with E-state index < -0.39 is 17.2 Å². The molecule has 19 aromatic rings. The molecule has 4 heterocycles. The summed E-state index contributed by atoms with van der Waals surface area (Å²) in [5.41, 5.74) is 44.6. The van der Waals surface area contributed by atoms with Crippen LogP contribution in [0.15, 0.2) is 371 Å². The molecule has 8 aliphatic carbocycles. The number of nitrogens with zero attached hydrogens (tertiary/aromatic N) is 4. The van der Waals surface area contributed by atoms with Crippen LogP contribution in [0.4, 0.5) is 13.2 Å². The van der Waals surface area contributed by atoms with Crippen molar-refractivity contribution in [2.75, 3.05) is 0 Å². The number of halogens is 3. The first kappa shape index (κ1) is 83.7.